The third-order valence-corrected chi connectivity index (χ3v) is 4.11. The molecule has 3 rings (SSSR count). The number of fused-ring (bicyclic) bond motifs is 1. The van der Waals surface area contributed by atoms with Gasteiger partial charge < -0.3 is 16.0 Å². The van der Waals surface area contributed by atoms with Gasteiger partial charge >= 0.3 is 0 Å². The molecule has 3 N–H and O–H groups in total. The van der Waals surface area contributed by atoms with Gasteiger partial charge in [-0.2, -0.15) is 0 Å². The van der Waals surface area contributed by atoms with E-state index in [4.69, 9.17) is 5.73 Å². The highest BCUT2D eigenvalue weighted by atomic mass is 15.1. The molecule has 0 amide bonds. The van der Waals surface area contributed by atoms with E-state index in [1.165, 1.54) is 32.5 Å². The molecular weight excluding hydrogens is 260 g/mol. The van der Waals surface area contributed by atoms with Gasteiger partial charge in [0.2, 0.25) is 0 Å². The number of hydrogen-bond donors (Lipinski definition) is 2. The number of pyridine rings is 1. The lowest BCUT2D eigenvalue weighted by Crippen LogP contribution is -2.29. The van der Waals surface area contributed by atoms with E-state index >= 15 is 0 Å². The number of likely N-dealkylation sites (tertiary alicyclic amines) is 1. The molecule has 0 aliphatic carbocycles. The number of nitrogen functional groups attached to an aromatic ring is 1. The van der Waals surface area contributed by atoms with E-state index in [1.54, 1.807) is 0 Å². The molecule has 1 aliphatic heterocycles. The Hall–Kier alpha value is -1.81. The summed E-state index contributed by atoms with van der Waals surface area (Å²) < 4.78 is 0. The summed E-state index contributed by atoms with van der Waals surface area (Å²) in [7, 11) is 0. The molecule has 112 valence electrons. The summed E-state index contributed by atoms with van der Waals surface area (Å²) in [4.78, 5) is 7.20. The zero-order chi connectivity index (χ0) is 14.7. The molecule has 1 aromatic carbocycles. The summed E-state index contributed by atoms with van der Waals surface area (Å²) in [5.74, 6) is 1.58. The first-order chi connectivity index (χ1) is 10.2. The van der Waals surface area contributed by atoms with Crippen LogP contribution in [0, 0.1) is 5.92 Å². The minimum absolute atomic E-state index is 0.631. The van der Waals surface area contributed by atoms with Crippen LogP contribution in [0.4, 0.5) is 11.5 Å². The van der Waals surface area contributed by atoms with E-state index in [0.29, 0.717) is 5.92 Å². The van der Waals surface area contributed by atoms with Crippen molar-refractivity contribution in [1.29, 1.82) is 0 Å². The SMILES string of the molecule is CC(CNc1ccc2cc(N)ccc2n1)CN1CCCC1. The number of benzene rings is 1. The maximum Gasteiger partial charge on any atom is 0.126 e. The Labute approximate surface area is 126 Å². The second-order valence-corrected chi connectivity index (χ2v) is 6.14. The predicted octanol–water partition coefficient (Wildman–Crippen LogP) is 2.96. The quantitative estimate of drug-likeness (QED) is 0.829. The Morgan fingerprint density at radius 3 is 2.86 bits per heavy atom. The normalized spacial score (nSPS) is 17.2. The van der Waals surface area contributed by atoms with Crippen LogP contribution in [0.25, 0.3) is 10.9 Å². The molecule has 2 aromatic rings. The molecule has 21 heavy (non-hydrogen) atoms. The lowest BCUT2D eigenvalue weighted by molar-refractivity contribution is 0.294. The first-order valence-corrected chi connectivity index (χ1v) is 7.83. The number of anilines is 2. The van der Waals surface area contributed by atoms with Crippen LogP contribution in [-0.4, -0.2) is 36.1 Å². The third kappa shape index (κ3) is 3.64. The topological polar surface area (TPSA) is 54.2 Å². The maximum absolute atomic E-state index is 5.79. The molecule has 4 nitrogen and oxygen atoms in total. The molecule has 4 heteroatoms. The molecule has 1 atom stereocenters. The second-order valence-electron chi connectivity index (χ2n) is 6.14. The van der Waals surface area contributed by atoms with Crippen molar-refractivity contribution in [3.05, 3.63) is 30.3 Å². The third-order valence-electron chi connectivity index (χ3n) is 4.11. The van der Waals surface area contributed by atoms with E-state index < -0.39 is 0 Å². The lowest BCUT2D eigenvalue weighted by atomic mass is 10.1. The zero-order valence-electron chi connectivity index (χ0n) is 12.7. The van der Waals surface area contributed by atoms with Crippen LogP contribution in [0.5, 0.6) is 0 Å². The summed E-state index contributed by atoms with van der Waals surface area (Å²) in [5.41, 5.74) is 7.56. The predicted molar refractivity (Wildman–Crippen MR) is 89.5 cm³/mol. The average Bonchev–Trinajstić information content (AvgIpc) is 2.98. The molecule has 1 aromatic heterocycles. The van der Waals surface area contributed by atoms with Crippen molar-refractivity contribution in [2.24, 2.45) is 5.92 Å². The molecule has 0 bridgehead atoms. The molecule has 0 radical (unpaired) electrons. The van der Waals surface area contributed by atoms with Gasteiger partial charge in [0, 0.05) is 24.2 Å². The van der Waals surface area contributed by atoms with Crippen molar-refractivity contribution >= 4 is 22.4 Å². The van der Waals surface area contributed by atoms with Crippen molar-refractivity contribution in [3.63, 3.8) is 0 Å². The highest BCUT2D eigenvalue weighted by Crippen LogP contribution is 2.18. The van der Waals surface area contributed by atoms with Crippen molar-refractivity contribution in [2.75, 3.05) is 37.2 Å². The highest BCUT2D eigenvalue weighted by molar-refractivity contribution is 5.83. The van der Waals surface area contributed by atoms with Crippen LogP contribution in [0.2, 0.25) is 0 Å². The Morgan fingerprint density at radius 2 is 2.05 bits per heavy atom. The van der Waals surface area contributed by atoms with Crippen molar-refractivity contribution in [1.82, 2.24) is 9.88 Å². The summed E-state index contributed by atoms with van der Waals surface area (Å²) in [5, 5.41) is 4.54. The lowest BCUT2D eigenvalue weighted by Gasteiger charge is -2.20. The second kappa shape index (κ2) is 6.31. The largest absolute Gasteiger partial charge is 0.399 e. The summed E-state index contributed by atoms with van der Waals surface area (Å²) >= 11 is 0. The molecule has 1 fully saturated rings. The molecule has 0 spiro atoms. The van der Waals surface area contributed by atoms with Gasteiger partial charge in [0.15, 0.2) is 0 Å². The first-order valence-electron chi connectivity index (χ1n) is 7.83. The van der Waals surface area contributed by atoms with Gasteiger partial charge in [0.05, 0.1) is 5.52 Å². The van der Waals surface area contributed by atoms with E-state index in [2.05, 4.69) is 28.2 Å². The van der Waals surface area contributed by atoms with Crippen molar-refractivity contribution in [3.8, 4) is 0 Å². The molecule has 1 unspecified atom stereocenters. The van der Waals surface area contributed by atoms with Gasteiger partial charge in [0.1, 0.15) is 5.82 Å². The van der Waals surface area contributed by atoms with E-state index in [9.17, 15) is 0 Å². The number of aromatic nitrogens is 1. The summed E-state index contributed by atoms with van der Waals surface area (Å²) in [6, 6.07) is 9.94. The van der Waals surface area contributed by atoms with Crippen molar-refractivity contribution < 1.29 is 0 Å². The number of nitrogens with one attached hydrogen (secondary N) is 1. The van der Waals surface area contributed by atoms with Crippen LogP contribution in [0.15, 0.2) is 30.3 Å². The summed E-state index contributed by atoms with van der Waals surface area (Å²) in [6.45, 7) is 6.97. The van der Waals surface area contributed by atoms with Gasteiger partial charge in [-0.3, -0.25) is 0 Å². The molecule has 2 heterocycles. The van der Waals surface area contributed by atoms with Gasteiger partial charge in [-0.25, -0.2) is 4.98 Å². The fraction of sp³-hybridized carbons (Fsp3) is 0.471. The van der Waals surface area contributed by atoms with Crippen LogP contribution in [0.3, 0.4) is 0 Å². The Kier molecular flexibility index (Phi) is 4.25. The van der Waals surface area contributed by atoms with Crippen LogP contribution in [-0.2, 0) is 0 Å². The molecular formula is C17H24N4. The van der Waals surface area contributed by atoms with Crippen LogP contribution in [0.1, 0.15) is 19.8 Å². The Bertz CT molecular complexity index is 605. The van der Waals surface area contributed by atoms with Gasteiger partial charge in [0.25, 0.3) is 0 Å². The highest BCUT2D eigenvalue weighted by Gasteiger charge is 2.14. The standard InChI is InChI=1S/C17H24N4/c1-13(12-21-8-2-3-9-21)11-19-17-7-4-14-10-15(18)5-6-16(14)20-17/h4-7,10,13H,2-3,8-9,11-12,18H2,1H3,(H,19,20). The van der Waals surface area contributed by atoms with Crippen LogP contribution < -0.4 is 11.1 Å². The molecule has 1 aliphatic rings. The van der Waals surface area contributed by atoms with E-state index in [0.717, 1.165) is 29.0 Å². The zero-order valence-corrected chi connectivity index (χ0v) is 12.7. The fourth-order valence-corrected chi connectivity index (χ4v) is 2.99. The smallest absolute Gasteiger partial charge is 0.126 e. The number of nitrogens with two attached hydrogens (primary N) is 1. The molecule has 1 saturated heterocycles. The van der Waals surface area contributed by atoms with E-state index in [1.807, 2.05) is 24.3 Å². The maximum atomic E-state index is 5.79. The van der Waals surface area contributed by atoms with Crippen LogP contribution >= 0.6 is 0 Å². The van der Waals surface area contributed by atoms with Gasteiger partial charge in [-0.1, -0.05) is 6.92 Å². The Balaban J connectivity index is 1.58. The monoisotopic (exact) mass is 284 g/mol. The number of hydrogen-bond acceptors (Lipinski definition) is 4. The fourth-order valence-electron chi connectivity index (χ4n) is 2.99. The minimum atomic E-state index is 0.631. The van der Waals surface area contributed by atoms with Gasteiger partial charge in [-0.05, 0) is 62.2 Å². The Morgan fingerprint density at radius 1 is 1.24 bits per heavy atom. The van der Waals surface area contributed by atoms with E-state index in [-0.39, 0.29) is 0 Å². The first kappa shape index (κ1) is 14.1. The average molecular weight is 284 g/mol. The number of rotatable bonds is 5. The van der Waals surface area contributed by atoms with Crippen molar-refractivity contribution in [2.45, 2.75) is 19.8 Å². The number of nitrogens with zero attached hydrogens (tertiary/aromatic N) is 2. The molecule has 0 saturated carbocycles. The van der Waals surface area contributed by atoms with Gasteiger partial charge in [-0.15, -0.1) is 0 Å². The minimum Gasteiger partial charge on any atom is -0.399 e. The summed E-state index contributed by atoms with van der Waals surface area (Å²) in [6.07, 6.45) is 2.71.